The highest BCUT2D eigenvalue weighted by Gasteiger charge is 2.38. The van der Waals surface area contributed by atoms with Crippen LogP contribution in [0.4, 0.5) is 0 Å². The first kappa shape index (κ1) is 20.7. The molecule has 0 radical (unpaired) electrons. The van der Waals surface area contributed by atoms with E-state index in [-0.39, 0.29) is 0 Å². The fraction of sp³-hybridized carbons (Fsp3) is 0.579. The van der Waals surface area contributed by atoms with Crippen molar-refractivity contribution in [3.05, 3.63) is 29.8 Å². The number of alkyl halides is 3. The molecule has 0 saturated carbocycles. The summed E-state index contributed by atoms with van der Waals surface area (Å²) in [7, 11) is 3.81. The number of likely N-dealkylation sites (tertiary alicyclic amines) is 1. The molecule has 1 aromatic rings. The van der Waals surface area contributed by atoms with Gasteiger partial charge in [-0.15, -0.1) is 0 Å². The first-order chi connectivity index (χ1) is 12.9. The van der Waals surface area contributed by atoms with E-state index in [0.29, 0.717) is 18.3 Å². The SMILES string of the molecule is COc1cccc(CC2=NC(C(Cl)(Cl)Cl)N(CCC3CCCN3C)C=N2)c1. The van der Waals surface area contributed by atoms with Crippen molar-refractivity contribution in [2.75, 3.05) is 27.2 Å². The summed E-state index contributed by atoms with van der Waals surface area (Å²) in [6.45, 7) is 1.91. The largest absolute Gasteiger partial charge is 0.497 e. The summed E-state index contributed by atoms with van der Waals surface area (Å²) in [6, 6.07) is 8.38. The van der Waals surface area contributed by atoms with Gasteiger partial charge in [0.1, 0.15) is 11.6 Å². The fourth-order valence-electron chi connectivity index (χ4n) is 3.59. The van der Waals surface area contributed by atoms with Crippen LogP contribution in [0.3, 0.4) is 0 Å². The number of methoxy groups -OCH3 is 1. The third kappa shape index (κ3) is 5.50. The molecule has 0 aromatic heterocycles. The lowest BCUT2D eigenvalue weighted by Crippen LogP contribution is -2.46. The van der Waals surface area contributed by atoms with Crippen molar-refractivity contribution < 1.29 is 4.74 Å². The minimum atomic E-state index is -1.52. The van der Waals surface area contributed by atoms with Gasteiger partial charge in [0.25, 0.3) is 0 Å². The third-order valence-corrected chi connectivity index (χ3v) is 5.71. The van der Waals surface area contributed by atoms with E-state index in [9.17, 15) is 0 Å². The lowest BCUT2D eigenvalue weighted by molar-refractivity contribution is 0.250. The quantitative estimate of drug-likeness (QED) is 0.635. The minimum absolute atomic E-state index is 0.560. The number of hydrogen-bond acceptors (Lipinski definition) is 5. The number of aliphatic imine (C=N–C) groups is 2. The van der Waals surface area contributed by atoms with Gasteiger partial charge in [0.2, 0.25) is 3.79 Å². The molecule has 27 heavy (non-hydrogen) atoms. The molecule has 0 amide bonds. The third-order valence-electron chi connectivity index (χ3n) is 5.12. The van der Waals surface area contributed by atoms with Gasteiger partial charge in [0.15, 0.2) is 6.17 Å². The van der Waals surface area contributed by atoms with Gasteiger partial charge < -0.3 is 14.5 Å². The maximum atomic E-state index is 6.24. The fourth-order valence-corrected chi connectivity index (χ4v) is 4.11. The van der Waals surface area contributed by atoms with Gasteiger partial charge in [0.05, 0.1) is 13.4 Å². The standard InChI is InChI=1S/C19H25Cl3N4O/c1-25-9-4-6-15(25)8-10-26-13-23-17(24-18(26)19(20,21)22)12-14-5-3-7-16(11-14)27-2/h3,5,7,11,13,15,18H,4,6,8-10,12H2,1-2H3. The predicted octanol–water partition coefficient (Wildman–Crippen LogP) is 4.16. The van der Waals surface area contributed by atoms with E-state index in [2.05, 4.69) is 21.9 Å². The Morgan fingerprint density at radius 3 is 2.78 bits per heavy atom. The second-order valence-electron chi connectivity index (χ2n) is 7.04. The molecule has 3 rings (SSSR count). The van der Waals surface area contributed by atoms with Crippen LogP contribution in [0.15, 0.2) is 34.3 Å². The molecule has 2 aliphatic rings. The monoisotopic (exact) mass is 430 g/mol. The van der Waals surface area contributed by atoms with Crippen LogP contribution in [-0.4, -0.2) is 65.2 Å². The first-order valence-corrected chi connectivity index (χ1v) is 10.3. The second-order valence-corrected chi connectivity index (χ2v) is 9.41. The van der Waals surface area contributed by atoms with Crippen LogP contribution >= 0.6 is 34.8 Å². The average Bonchev–Trinajstić information content (AvgIpc) is 3.05. The van der Waals surface area contributed by atoms with Crippen LogP contribution in [0.2, 0.25) is 0 Å². The van der Waals surface area contributed by atoms with E-state index in [0.717, 1.165) is 30.8 Å². The first-order valence-electron chi connectivity index (χ1n) is 9.13. The zero-order chi connectivity index (χ0) is 19.4. The van der Waals surface area contributed by atoms with Gasteiger partial charge in [-0.2, -0.15) is 0 Å². The van der Waals surface area contributed by atoms with Crippen LogP contribution in [0.1, 0.15) is 24.8 Å². The number of rotatable bonds is 6. The molecule has 0 N–H and O–H groups in total. The summed E-state index contributed by atoms with van der Waals surface area (Å²) in [5, 5.41) is 0. The maximum absolute atomic E-state index is 6.24. The molecule has 8 heteroatoms. The van der Waals surface area contributed by atoms with Crippen LogP contribution in [0, 0.1) is 0 Å². The Labute approximate surface area is 175 Å². The Hall–Kier alpha value is -1.01. The van der Waals surface area contributed by atoms with Crippen LogP contribution < -0.4 is 4.74 Å². The number of halogens is 3. The predicted molar refractivity (Wildman–Crippen MR) is 114 cm³/mol. The van der Waals surface area contributed by atoms with Gasteiger partial charge in [0, 0.05) is 19.0 Å². The van der Waals surface area contributed by atoms with E-state index in [1.54, 1.807) is 13.4 Å². The van der Waals surface area contributed by atoms with Crippen molar-refractivity contribution in [3.63, 3.8) is 0 Å². The molecule has 0 aliphatic carbocycles. The van der Waals surface area contributed by atoms with Crippen molar-refractivity contribution in [1.82, 2.24) is 9.80 Å². The second kappa shape index (κ2) is 8.99. The summed E-state index contributed by atoms with van der Waals surface area (Å²) >= 11 is 18.7. The smallest absolute Gasteiger partial charge is 0.230 e. The highest BCUT2D eigenvalue weighted by atomic mass is 35.6. The summed E-state index contributed by atoms with van der Waals surface area (Å²) < 4.78 is 3.75. The Kier molecular flexibility index (Phi) is 6.90. The van der Waals surface area contributed by atoms with Crippen molar-refractivity contribution in [3.8, 4) is 5.75 Å². The molecule has 2 atom stereocenters. The van der Waals surface area contributed by atoms with E-state index in [1.165, 1.54) is 12.8 Å². The molecule has 0 spiro atoms. The molecule has 2 unspecified atom stereocenters. The number of amidine groups is 1. The number of ether oxygens (including phenoxy) is 1. The molecule has 5 nitrogen and oxygen atoms in total. The molecule has 1 saturated heterocycles. The molecule has 1 fully saturated rings. The summed E-state index contributed by atoms with van der Waals surface area (Å²) in [4.78, 5) is 13.5. The average molecular weight is 432 g/mol. The van der Waals surface area contributed by atoms with E-state index >= 15 is 0 Å². The molecule has 0 bridgehead atoms. The maximum Gasteiger partial charge on any atom is 0.230 e. The van der Waals surface area contributed by atoms with E-state index in [4.69, 9.17) is 39.5 Å². The number of hydrogen-bond donors (Lipinski definition) is 0. The highest BCUT2D eigenvalue weighted by molar-refractivity contribution is 6.68. The summed E-state index contributed by atoms with van der Waals surface area (Å²) in [5.41, 5.74) is 1.05. The van der Waals surface area contributed by atoms with Crippen LogP contribution in [0.5, 0.6) is 5.75 Å². The number of benzene rings is 1. The lowest BCUT2D eigenvalue weighted by atomic mass is 10.1. The van der Waals surface area contributed by atoms with Crippen molar-refractivity contribution in [2.24, 2.45) is 9.98 Å². The Morgan fingerprint density at radius 1 is 1.30 bits per heavy atom. The molecule has 1 aromatic carbocycles. The van der Waals surface area contributed by atoms with Gasteiger partial charge in [-0.05, 0) is 50.6 Å². The molecule has 2 heterocycles. The Bertz CT molecular complexity index is 704. The van der Waals surface area contributed by atoms with Gasteiger partial charge >= 0.3 is 0 Å². The minimum Gasteiger partial charge on any atom is -0.497 e. The van der Waals surface area contributed by atoms with Gasteiger partial charge in [-0.25, -0.2) is 9.98 Å². The normalized spacial score (nSPS) is 23.6. The lowest BCUT2D eigenvalue weighted by Gasteiger charge is -2.35. The molecular formula is C19H25Cl3N4O. The van der Waals surface area contributed by atoms with Crippen molar-refractivity contribution >= 4 is 47.0 Å². The van der Waals surface area contributed by atoms with Gasteiger partial charge in [-0.3, -0.25) is 0 Å². The highest BCUT2D eigenvalue weighted by Crippen LogP contribution is 2.35. The molecule has 148 valence electrons. The summed E-state index contributed by atoms with van der Waals surface area (Å²) in [5.74, 6) is 1.45. The summed E-state index contributed by atoms with van der Waals surface area (Å²) in [6.07, 6.45) is 5.21. The molecule has 2 aliphatic heterocycles. The number of nitrogens with zero attached hydrogens (tertiary/aromatic N) is 4. The van der Waals surface area contributed by atoms with Crippen LogP contribution in [-0.2, 0) is 6.42 Å². The Morgan fingerprint density at radius 2 is 2.11 bits per heavy atom. The van der Waals surface area contributed by atoms with E-state index < -0.39 is 9.96 Å². The molecular weight excluding hydrogens is 407 g/mol. The van der Waals surface area contributed by atoms with E-state index in [1.807, 2.05) is 29.2 Å². The van der Waals surface area contributed by atoms with Crippen molar-refractivity contribution in [1.29, 1.82) is 0 Å². The zero-order valence-corrected chi connectivity index (χ0v) is 17.9. The Balaban J connectivity index is 1.69. The zero-order valence-electron chi connectivity index (χ0n) is 15.6. The van der Waals surface area contributed by atoms with Crippen LogP contribution in [0.25, 0.3) is 0 Å². The van der Waals surface area contributed by atoms with Gasteiger partial charge in [-0.1, -0.05) is 46.9 Å². The topological polar surface area (TPSA) is 40.4 Å². The van der Waals surface area contributed by atoms with Crippen molar-refractivity contribution in [2.45, 2.75) is 41.7 Å².